The van der Waals surface area contributed by atoms with Gasteiger partial charge in [-0.25, -0.2) is 0 Å². The van der Waals surface area contributed by atoms with Gasteiger partial charge in [0, 0.05) is 25.2 Å². The Morgan fingerprint density at radius 1 is 1.35 bits per heavy atom. The van der Waals surface area contributed by atoms with Crippen molar-refractivity contribution in [1.29, 1.82) is 0 Å². The number of hydrogen-bond acceptors (Lipinski definition) is 3. The van der Waals surface area contributed by atoms with E-state index in [2.05, 4.69) is 10.2 Å². The van der Waals surface area contributed by atoms with Crippen LogP contribution in [-0.2, 0) is 4.79 Å². The molecular formula is C16H18Cl2N4O. The quantitative estimate of drug-likeness (QED) is 0.780. The molecule has 122 valence electrons. The van der Waals surface area contributed by atoms with E-state index in [1.165, 1.54) is 0 Å². The Kier molecular flexibility index (Phi) is 3.36. The first kappa shape index (κ1) is 15.2. The zero-order valence-corrected chi connectivity index (χ0v) is 14.4. The van der Waals surface area contributed by atoms with Gasteiger partial charge < -0.3 is 4.90 Å². The van der Waals surface area contributed by atoms with E-state index in [1.54, 1.807) is 0 Å². The molecular weight excluding hydrogens is 335 g/mol. The molecule has 2 unspecified atom stereocenters. The summed E-state index contributed by atoms with van der Waals surface area (Å²) in [4.78, 5) is 14.7. The van der Waals surface area contributed by atoms with Crippen LogP contribution in [-0.4, -0.2) is 42.8 Å². The van der Waals surface area contributed by atoms with Gasteiger partial charge in [-0.15, -0.1) is 33.4 Å². The van der Waals surface area contributed by atoms with Crippen molar-refractivity contribution < 1.29 is 4.79 Å². The molecule has 23 heavy (non-hydrogen) atoms. The molecule has 1 amide bonds. The highest BCUT2D eigenvalue weighted by Crippen LogP contribution is 2.64. The third kappa shape index (κ3) is 2.32. The van der Waals surface area contributed by atoms with Crippen LogP contribution in [0.1, 0.15) is 37.9 Å². The smallest absolute Gasteiger partial charge is 0.231 e. The Morgan fingerprint density at radius 2 is 2.13 bits per heavy atom. The van der Waals surface area contributed by atoms with Gasteiger partial charge in [-0.3, -0.25) is 9.20 Å². The summed E-state index contributed by atoms with van der Waals surface area (Å²) in [6.45, 7) is 3.25. The van der Waals surface area contributed by atoms with Crippen LogP contribution in [0.3, 0.4) is 0 Å². The molecule has 0 aromatic carbocycles. The maximum Gasteiger partial charge on any atom is 0.231 e. The molecule has 2 aliphatic rings. The van der Waals surface area contributed by atoms with Gasteiger partial charge in [0.05, 0.1) is 5.41 Å². The van der Waals surface area contributed by atoms with Gasteiger partial charge in [-0.1, -0.05) is 6.07 Å². The summed E-state index contributed by atoms with van der Waals surface area (Å²) >= 11 is 12.3. The molecule has 1 aliphatic heterocycles. The molecule has 1 saturated carbocycles. The fourth-order valence-electron chi connectivity index (χ4n) is 3.49. The number of aromatic nitrogens is 3. The second-order valence-electron chi connectivity index (χ2n) is 6.79. The van der Waals surface area contributed by atoms with Crippen LogP contribution in [0, 0.1) is 5.41 Å². The number of carbonyl (C=O) groups excluding carboxylic acids is 1. The predicted molar refractivity (Wildman–Crippen MR) is 88.7 cm³/mol. The van der Waals surface area contributed by atoms with Crippen LogP contribution < -0.4 is 0 Å². The van der Waals surface area contributed by atoms with E-state index in [9.17, 15) is 4.79 Å². The van der Waals surface area contributed by atoms with Gasteiger partial charge in [-0.05, 0) is 38.3 Å². The predicted octanol–water partition coefficient (Wildman–Crippen LogP) is 3.02. The molecule has 0 spiro atoms. The number of pyridine rings is 1. The van der Waals surface area contributed by atoms with Gasteiger partial charge in [0.1, 0.15) is 10.2 Å². The van der Waals surface area contributed by atoms with Crippen molar-refractivity contribution in [3.8, 4) is 0 Å². The average molecular weight is 353 g/mol. The molecule has 0 radical (unpaired) electrons. The SMILES string of the molecule is CC1(C(=O)N2CCCC(c3nnc4ccccn34)C2)CC1(Cl)Cl. The highest BCUT2D eigenvalue weighted by molar-refractivity contribution is 6.53. The van der Waals surface area contributed by atoms with E-state index >= 15 is 0 Å². The normalized spacial score (nSPS) is 29.7. The number of carbonyl (C=O) groups is 1. The first-order chi connectivity index (χ1) is 10.9. The van der Waals surface area contributed by atoms with Crippen molar-refractivity contribution >= 4 is 34.8 Å². The van der Waals surface area contributed by atoms with Crippen molar-refractivity contribution in [3.63, 3.8) is 0 Å². The summed E-state index contributed by atoms with van der Waals surface area (Å²) in [6, 6.07) is 5.84. The molecule has 5 nitrogen and oxygen atoms in total. The van der Waals surface area contributed by atoms with Crippen molar-refractivity contribution in [2.75, 3.05) is 13.1 Å². The number of likely N-dealkylation sites (tertiary alicyclic amines) is 1. The molecule has 0 N–H and O–H groups in total. The zero-order chi connectivity index (χ0) is 16.2. The second-order valence-corrected chi connectivity index (χ2v) is 8.27. The minimum Gasteiger partial charge on any atom is -0.341 e. The van der Waals surface area contributed by atoms with Crippen LogP contribution in [0.25, 0.3) is 5.65 Å². The standard InChI is InChI=1S/C16H18Cl2N4O/c1-15(10-16(15,17)18)14(23)21-7-4-5-11(9-21)13-20-19-12-6-2-3-8-22(12)13/h2-3,6,8,11H,4-5,7,9-10H2,1H3. The van der Waals surface area contributed by atoms with Crippen LogP contribution in [0.15, 0.2) is 24.4 Å². The summed E-state index contributed by atoms with van der Waals surface area (Å²) in [6.07, 6.45) is 4.45. The number of fused-ring (bicyclic) bond motifs is 1. The monoisotopic (exact) mass is 352 g/mol. The zero-order valence-electron chi connectivity index (χ0n) is 12.9. The molecule has 2 atom stereocenters. The molecule has 2 fully saturated rings. The molecule has 1 aliphatic carbocycles. The number of nitrogens with zero attached hydrogens (tertiary/aromatic N) is 4. The molecule has 3 heterocycles. The van der Waals surface area contributed by atoms with Gasteiger partial charge in [-0.2, -0.15) is 0 Å². The lowest BCUT2D eigenvalue weighted by Gasteiger charge is -2.34. The van der Waals surface area contributed by atoms with E-state index in [4.69, 9.17) is 23.2 Å². The van der Waals surface area contributed by atoms with Crippen molar-refractivity contribution in [2.45, 2.75) is 36.4 Å². The van der Waals surface area contributed by atoms with Crippen molar-refractivity contribution in [3.05, 3.63) is 30.2 Å². The van der Waals surface area contributed by atoms with E-state index in [1.807, 2.05) is 40.6 Å². The van der Waals surface area contributed by atoms with Crippen molar-refractivity contribution in [1.82, 2.24) is 19.5 Å². The van der Waals surface area contributed by atoms with Crippen LogP contribution in [0.5, 0.6) is 0 Å². The Hall–Kier alpha value is -1.33. The lowest BCUT2D eigenvalue weighted by atomic mass is 9.95. The van der Waals surface area contributed by atoms with Gasteiger partial charge in [0.2, 0.25) is 5.91 Å². The van der Waals surface area contributed by atoms with E-state index in [-0.39, 0.29) is 11.8 Å². The summed E-state index contributed by atoms with van der Waals surface area (Å²) in [5.74, 6) is 1.16. The maximum atomic E-state index is 12.8. The lowest BCUT2D eigenvalue weighted by molar-refractivity contribution is -0.137. The molecule has 1 saturated heterocycles. The third-order valence-corrected chi connectivity index (χ3v) is 6.25. The molecule has 2 aromatic rings. The Labute approximate surface area is 144 Å². The summed E-state index contributed by atoms with van der Waals surface area (Å²) < 4.78 is 1.09. The highest BCUT2D eigenvalue weighted by Gasteiger charge is 2.68. The van der Waals surface area contributed by atoms with Gasteiger partial charge >= 0.3 is 0 Å². The number of halogens is 2. The van der Waals surface area contributed by atoms with Crippen molar-refractivity contribution in [2.24, 2.45) is 5.41 Å². The average Bonchev–Trinajstić information content (AvgIpc) is 2.90. The summed E-state index contributed by atoms with van der Waals surface area (Å²) in [7, 11) is 0. The second kappa shape index (κ2) is 5.08. The highest BCUT2D eigenvalue weighted by atomic mass is 35.5. The first-order valence-corrected chi connectivity index (χ1v) is 8.65. The molecule has 2 aromatic heterocycles. The topological polar surface area (TPSA) is 50.5 Å². The molecule has 0 bridgehead atoms. The maximum absolute atomic E-state index is 12.8. The molecule has 7 heteroatoms. The number of amides is 1. The largest absolute Gasteiger partial charge is 0.341 e. The van der Waals surface area contributed by atoms with E-state index in [0.717, 1.165) is 30.9 Å². The van der Waals surface area contributed by atoms with Crippen LogP contribution in [0.2, 0.25) is 0 Å². The summed E-state index contributed by atoms with van der Waals surface area (Å²) in [5, 5.41) is 8.56. The number of piperidine rings is 1. The Bertz CT molecular complexity index is 774. The lowest BCUT2D eigenvalue weighted by Crippen LogP contribution is -2.44. The first-order valence-electron chi connectivity index (χ1n) is 7.89. The number of rotatable bonds is 2. The minimum atomic E-state index is -0.918. The molecule has 4 rings (SSSR count). The van der Waals surface area contributed by atoms with Crippen LogP contribution in [0.4, 0.5) is 0 Å². The Balaban J connectivity index is 1.57. The fraction of sp³-hybridized carbons (Fsp3) is 0.562. The number of alkyl halides is 2. The fourth-order valence-corrected chi connectivity index (χ4v) is 4.19. The van der Waals surface area contributed by atoms with Gasteiger partial charge in [0.15, 0.2) is 5.65 Å². The van der Waals surface area contributed by atoms with Gasteiger partial charge in [0.25, 0.3) is 0 Å². The number of hydrogen-bond donors (Lipinski definition) is 0. The van der Waals surface area contributed by atoms with Crippen LogP contribution >= 0.6 is 23.2 Å². The summed E-state index contributed by atoms with van der Waals surface area (Å²) in [5.41, 5.74) is 0.186. The van der Waals surface area contributed by atoms with E-state index < -0.39 is 9.75 Å². The minimum absolute atomic E-state index is 0.0565. The Morgan fingerprint density at radius 3 is 2.87 bits per heavy atom. The third-order valence-electron chi connectivity index (χ3n) is 5.14. The van der Waals surface area contributed by atoms with E-state index in [0.29, 0.717) is 13.0 Å².